The van der Waals surface area contributed by atoms with Gasteiger partial charge in [0.2, 0.25) is 10.0 Å². The molecule has 118 valence electrons. The maximum Gasteiger partial charge on any atom is 0.240 e. The van der Waals surface area contributed by atoms with Crippen molar-refractivity contribution in [2.45, 2.75) is 37.1 Å². The molecule has 1 aliphatic heterocycles. The topological polar surface area (TPSA) is 75.4 Å². The molecule has 0 radical (unpaired) electrons. The van der Waals surface area contributed by atoms with Crippen LogP contribution >= 0.6 is 0 Å². The van der Waals surface area contributed by atoms with Gasteiger partial charge in [0, 0.05) is 12.6 Å². The maximum atomic E-state index is 12.2. The first-order valence-electron chi connectivity index (χ1n) is 7.56. The van der Waals surface area contributed by atoms with Crippen LogP contribution in [-0.2, 0) is 10.0 Å². The molecule has 1 unspecified atom stereocenters. The van der Waals surface area contributed by atoms with Crippen molar-refractivity contribution in [2.24, 2.45) is 5.73 Å². The van der Waals surface area contributed by atoms with E-state index in [1.165, 1.54) is 12.8 Å². The summed E-state index contributed by atoms with van der Waals surface area (Å²) in [5, 5.41) is 0. The van der Waals surface area contributed by atoms with Gasteiger partial charge in [-0.1, -0.05) is 12.1 Å². The van der Waals surface area contributed by atoms with Crippen LogP contribution in [0.5, 0.6) is 0 Å². The molecule has 1 fully saturated rings. The highest BCUT2D eigenvalue weighted by molar-refractivity contribution is 7.89. The molecular formula is C15H25N3O2S. The molecule has 0 bridgehead atoms. The van der Waals surface area contributed by atoms with Crippen LogP contribution in [0.2, 0.25) is 0 Å². The van der Waals surface area contributed by atoms with Crippen molar-refractivity contribution in [1.82, 2.24) is 9.62 Å². The summed E-state index contributed by atoms with van der Waals surface area (Å²) in [5.74, 6) is 0. The molecule has 1 aromatic rings. The number of hydrogen-bond acceptors (Lipinski definition) is 4. The fourth-order valence-corrected chi connectivity index (χ4v) is 3.62. The Morgan fingerprint density at radius 1 is 1.24 bits per heavy atom. The van der Waals surface area contributed by atoms with Gasteiger partial charge in [0.1, 0.15) is 0 Å². The molecule has 1 saturated heterocycles. The lowest BCUT2D eigenvalue weighted by Gasteiger charge is -2.14. The minimum absolute atomic E-state index is 0.0878. The molecule has 6 heteroatoms. The lowest BCUT2D eigenvalue weighted by molar-refractivity contribution is 0.334. The minimum atomic E-state index is -3.41. The van der Waals surface area contributed by atoms with Crippen LogP contribution in [0.3, 0.4) is 0 Å². The summed E-state index contributed by atoms with van der Waals surface area (Å²) in [4.78, 5) is 2.68. The Balaban J connectivity index is 1.83. The highest BCUT2D eigenvalue weighted by atomic mass is 32.2. The zero-order valence-electron chi connectivity index (χ0n) is 12.6. The highest BCUT2D eigenvalue weighted by Gasteiger charge is 2.15. The normalized spacial score (nSPS) is 18.0. The summed E-state index contributed by atoms with van der Waals surface area (Å²) < 4.78 is 27.0. The minimum Gasteiger partial charge on any atom is -0.324 e. The number of rotatable bonds is 7. The maximum absolute atomic E-state index is 12.2. The third-order valence-corrected chi connectivity index (χ3v) is 5.33. The van der Waals surface area contributed by atoms with Crippen LogP contribution in [0.15, 0.2) is 29.2 Å². The molecule has 0 aliphatic carbocycles. The van der Waals surface area contributed by atoms with Crippen molar-refractivity contribution in [2.75, 3.05) is 26.2 Å². The van der Waals surface area contributed by atoms with E-state index in [9.17, 15) is 8.42 Å². The van der Waals surface area contributed by atoms with Crippen LogP contribution in [0.4, 0.5) is 0 Å². The predicted octanol–water partition coefficient (Wildman–Crippen LogP) is 1.47. The molecule has 5 nitrogen and oxygen atoms in total. The Labute approximate surface area is 127 Å². The van der Waals surface area contributed by atoms with Gasteiger partial charge in [-0.3, -0.25) is 0 Å². The van der Waals surface area contributed by atoms with Crippen molar-refractivity contribution in [3.05, 3.63) is 29.8 Å². The Bertz CT molecular complexity index is 535. The van der Waals surface area contributed by atoms with E-state index in [-0.39, 0.29) is 6.04 Å². The molecule has 1 aromatic carbocycles. The van der Waals surface area contributed by atoms with Gasteiger partial charge >= 0.3 is 0 Å². The van der Waals surface area contributed by atoms with Crippen molar-refractivity contribution in [3.63, 3.8) is 0 Å². The first-order valence-corrected chi connectivity index (χ1v) is 9.05. The second-order valence-electron chi connectivity index (χ2n) is 5.66. The Kier molecular flexibility index (Phi) is 5.75. The molecule has 1 atom stereocenters. The molecule has 2 rings (SSSR count). The zero-order chi connectivity index (χ0) is 15.3. The Morgan fingerprint density at radius 2 is 1.86 bits per heavy atom. The van der Waals surface area contributed by atoms with Gasteiger partial charge in [-0.25, -0.2) is 13.1 Å². The van der Waals surface area contributed by atoms with Gasteiger partial charge in [-0.05, 0) is 63.5 Å². The van der Waals surface area contributed by atoms with E-state index < -0.39 is 10.0 Å². The SMILES string of the molecule is CC(N)c1ccc(S(=O)(=O)NCCCN2CCCC2)cc1. The lowest BCUT2D eigenvalue weighted by atomic mass is 10.1. The fraction of sp³-hybridized carbons (Fsp3) is 0.600. The standard InChI is InChI=1S/C15H25N3O2S/c1-13(16)14-5-7-15(8-6-14)21(19,20)17-9-4-12-18-10-2-3-11-18/h5-8,13,17H,2-4,9-12,16H2,1H3. The number of sulfonamides is 1. The zero-order valence-corrected chi connectivity index (χ0v) is 13.4. The molecule has 0 aromatic heterocycles. The van der Waals surface area contributed by atoms with Crippen LogP contribution in [0.25, 0.3) is 0 Å². The summed E-state index contributed by atoms with van der Waals surface area (Å²) in [6.45, 7) is 5.61. The van der Waals surface area contributed by atoms with E-state index in [0.29, 0.717) is 11.4 Å². The molecule has 3 N–H and O–H groups in total. The third-order valence-electron chi connectivity index (χ3n) is 3.86. The molecule has 21 heavy (non-hydrogen) atoms. The number of hydrogen-bond donors (Lipinski definition) is 2. The quantitative estimate of drug-likeness (QED) is 0.748. The van der Waals surface area contributed by atoms with Gasteiger partial charge in [-0.15, -0.1) is 0 Å². The van der Waals surface area contributed by atoms with E-state index in [0.717, 1.165) is 31.6 Å². The molecule has 1 aliphatic rings. The summed E-state index contributed by atoms with van der Waals surface area (Å²) in [5.41, 5.74) is 6.69. The van der Waals surface area contributed by atoms with Gasteiger partial charge in [-0.2, -0.15) is 0 Å². The van der Waals surface area contributed by atoms with Crippen molar-refractivity contribution in [3.8, 4) is 0 Å². The number of benzene rings is 1. The van der Waals surface area contributed by atoms with Gasteiger partial charge in [0.25, 0.3) is 0 Å². The Hall–Kier alpha value is -0.950. The van der Waals surface area contributed by atoms with Crippen LogP contribution in [0.1, 0.15) is 37.8 Å². The average molecular weight is 311 g/mol. The lowest BCUT2D eigenvalue weighted by Crippen LogP contribution is -2.28. The summed E-state index contributed by atoms with van der Waals surface area (Å²) in [6, 6.07) is 6.67. The first kappa shape index (κ1) is 16.4. The number of nitrogens with one attached hydrogen (secondary N) is 1. The molecule has 0 saturated carbocycles. The van der Waals surface area contributed by atoms with E-state index in [4.69, 9.17) is 5.73 Å². The largest absolute Gasteiger partial charge is 0.324 e. The number of likely N-dealkylation sites (tertiary alicyclic amines) is 1. The molecular weight excluding hydrogens is 286 g/mol. The van der Waals surface area contributed by atoms with E-state index in [2.05, 4.69) is 9.62 Å². The molecule has 0 amide bonds. The van der Waals surface area contributed by atoms with Gasteiger partial charge in [0.15, 0.2) is 0 Å². The predicted molar refractivity (Wildman–Crippen MR) is 84.5 cm³/mol. The van der Waals surface area contributed by atoms with Crippen LogP contribution in [-0.4, -0.2) is 39.5 Å². The van der Waals surface area contributed by atoms with Crippen molar-refractivity contribution >= 4 is 10.0 Å². The number of nitrogens with two attached hydrogens (primary N) is 1. The van der Waals surface area contributed by atoms with E-state index in [1.54, 1.807) is 24.3 Å². The van der Waals surface area contributed by atoms with Crippen molar-refractivity contribution in [1.29, 1.82) is 0 Å². The van der Waals surface area contributed by atoms with E-state index >= 15 is 0 Å². The monoisotopic (exact) mass is 311 g/mol. The van der Waals surface area contributed by atoms with E-state index in [1.807, 2.05) is 6.92 Å². The van der Waals surface area contributed by atoms with Gasteiger partial charge in [0.05, 0.1) is 4.90 Å². The third kappa shape index (κ3) is 4.78. The van der Waals surface area contributed by atoms with Crippen molar-refractivity contribution < 1.29 is 8.42 Å². The summed E-state index contributed by atoms with van der Waals surface area (Å²) in [7, 11) is -3.41. The van der Waals surface area contributed by atoms with Crippen LogP contribution in [0, 0.1) is 0 Å². The summed E-state index contributed by atoms with van der Waals surface area (Å²) >= 11 is 0. The second kappa shape index (κ2) is 7.35. The average Bonchev–Trinajstić information content (AvgIpc) is 2.97. The number of nitrogens with zero attached hydrogens (tertiary/aromatic N) is 1. The van der Waals surface area contributed by atoms with Crippen LogP contribution < -0.4 is 10.5 Å². The molecule has 1 heterocycles. The Morgan fingerprint density at radius 3 is 2.43 bits per heavy atom. The fourth-order valence-electron chi connectivity index (χ4n) is 2.55. The smallest absolute Gasteiger partial charge is 0.240 e. The summed E-state index contributed by atoms with van der Waals surface area (Å²) in [6.07, 6.45) is 3.37. The first-order chi connectivity index (χ1) is 9.99. The second-order valence-corrected chi connectivity index (χ2v) is 7.42. The highest BCUT2D eigenvalue weighted by Crippen LogP contribution is 2.14. The molecule has 0 spiro atoms. The van der Waals surface area contributed by atoms with Gasteiger partial charge < -0.3 is 10.6 Å².